The largest absolute Gasteiger partial charge is 0.468 e. The van der Waals surface area contributed by atoms with E-state index in [0.29, 0.717) is 16.9 Å². The molecule has 98 valence electrons. The van der Waals surface area contributed by atoms with Crippen molar-refractivity contribution in [3.63, 3.8) is 0 Å². The molecule has 1 heterocycles. The monoisotopic (exact) mass is 248 g/mol. The maximum Gasteiger partial charge on any atom is 0.291 e. The van der Waals surface area contributed by atoms with Crippen molar-refractivity contribution < 1.29 is 9.15 Å². The Balaban J connectivity index is 3.47. The molecule has 0 bridgehead atoms. The molecule has 0 aliphatic rings. The topological polar surface area (TPSA) is 39.4 Å². The van der Waals surface area contributed by atoms with Crippen LogP contribution >= 0.6 is 0 Å². The Bertz CT molecular complexity index is 560. The minimum absolute atomic E-state index is 0.0287. The van der Waals surface area contributed by atoms with Gasteiger partial charge < -0.3 is 9.15 Å². The molecule has 0 aliphatic heterocycles. The van der Waals surface area contributed by atoms with Crippen LogP contribution in [0.2, 0.25) is 0 Å². The fourth-order valence-electron chi connectivity index (χ4n) is 1.78. The standard InChI is InChI=1S/C15H20O3/c1-7-9(2)8-10(3)14-11(4)13(16)12(5)15(17-6)18-14/h7-8H,1-6H3/b9-7-,10-8-. The van der Waals surface area contributed by atoms with Gasteiger partial charge in [0.1, 0.15) is 5.76 Å². The molecule has 0 fully saturated rings. The molecule has 0 unspecified atom stereocenters. The first-order valence-corrected chi connectivity index (χ1v) is 5.92. The summed E-state index contributed by atoms with van der Waals surface area (Å²) in [5.41, 5.74) is 3.13. The molecule has 0 saturated heterocycles. The van der Waals surface area contributed by atoms with E-state index in [1.165, 1.54) is 7.11 Å². The normalized spacial score (nSPS) is 12.8. The summed E-state index contributed by atoms with van der Waals surface area (Å²) >= 11 is 0. The van der Waals surface area contributed by atoms with E-state index in [2.05, 4.69) is 0 Å². The van der Waals surface area contributed by atoms with Crippen LogP contribution in [-0.2, 0) is 0 Å². The van der Waals surface area contributed by atoms with E-state index in [9.17, 15) is 4.79 Å². The number of ether oxygens (including phenoxy) is 1. The van der Waals surface area contributed by atoms with E-state index in [-0.39, 0.29) is 11.4 Å². The van der Waals surface area contributed by atoms with Gasteiger partial charge in [0.25, 0.3) is 5.95 Å². The highest BCUT2D eigenvalue weighted by molar-refractivity contribution is 5.65. The van der Waals surface area contributed by atoms with Crippen LogP contribution in [0.4, 0.5) is 0 Å². The van der Waals surface area contributed by atoms with Crippen LogP contribution < -0.4 is 10.2 Å². The predicted molar refractivity (Wildman–Crippen MR) is 74.1 cm³/mol. The van der Waals surface area contributed by atoms with Crippen molar-refractivity contribution in [3.8, 4) is 5.95 Å². The van der Waals surface area contributed by atoms with Crippen LogP contribution in [0.25, 0.3) is 5.57 Å². The molecule has 1 rings (SSSR count). The van der Waals surface area contributed by atoms with Crippen molar-refractivity contribution >= 4 is 5.57 Å². The van der Waals surface area contributed by atoms with Gasteiger partial charge in [0.05, 0.1) is 12.7 Å². The fourth-order valence-corrected chi connectivity index (χ4v) is 1.78. The minimum Gasteiger partial charge on any atom is -0.468 e. The molecule has 0 amide bonds. The molecule has 3 heteroatoms. The molecular formula is C15H20O3. The number of allylic oxidation sites excluding steroid dienone is 4. The van der Waals surface area contributed by atoms with Crippen LogP contribution in [0.15, 0.2) is 26.9 Å². The van der Waals surface area contributed by atoms with Gasteiger partial charge in [0.2, 0.25) is 0 Å². The second-order valence-corrected chi connectivity index (χ2v) is 4.36. The van der Waals surface area contributed by atoms with Crippen LogP contribution in [0.1, 0.15) is 37.7 Å². The molecule has 0 N–H and O–H groups in total. The molecule has 1 aromatic heterocycles. The van der Waals surface area contributed by atoms with Crippen LogP contribution in [-0.4, -0.2) is 7.11 Å². The average molecular weight is 248 g/mol. The van der Waals surface area contributed by atoms with Gasteiger partial charge >= 0.3 is 0 Å². The van der Waals surface area contributed by atoms with Gasteiger partial charge in [-0.15, -0.1) is 0 Å². The van der Waals surface area contributed by atoms with Crippen LogP contribution in [0.3, 0.4) is 0 Å². The SMILES string of the molecule is C/C=C(C)\C=C(\C)c1oc(OC)c(C)c(=O)c1C. The van der Waals surface area contributed by atoms with Crippen molar-refractivity contribution in [3.05, 3.63) is 44.8 Å². The fraction of sp³-hybridized carbons (Fsp3) is 0.400. The molecule has 0 aliphatic carbocycles. The van der Waals surface area contributed by atoms with Crippen molar-refractivity contribution in [2.45, 2.75) is 34.6 Å². The van der Waals surface area contributed by atoms with Gasteiger partial charge in [-0.3, -0.25) is 4.79 Å². The molecule has 18 heavy (non-hydrogen) atoms. The summed E-state index contributed by atoms with van der Waals surface area (Å²) in [6, 6.07) is 0. The zero-order valence-corrected chi connectivity index (χ0v) is 11.9. The van der Waals surface area contributed by atoms with Crippen molar-refractivity contribution in [2.75, 3.05) is 7.11 Å². The summed E-state index contributed by atoms with van der Waals surface area (Å²) in [5.74, 6) is 0.870. The van der Waals surface area contributed by atoms with Gasteiger partial charge in [-0.2, -0.15) is 0 Å². The summed E-state index contributed by atoms with van der Waals surface area (Å²) < 4.78 is 10.8. The maximum absolute atomic E-state index is 12.0. The Morgan fingerprint density at radius 1 is 1.22 bits per heavy atom. The number of hydrogen-bond acceptors (Lipinski definition) is 3. The van der Waals surface area contributed by atoms with Crippen molar-refractivity contribution in [1.29, 1.82) is 0 Å². The molecule has 0 radical (unpaired) electrons. The lowest BCUT2D eigenvalue weighted by Gasteiger charge is -2.09. The lowest BCUT2D eigenvalue weighted by molar-refractivity contribution is 0.288. The summed E-state index contributed by atoms with van der Waals surface area (Å²) in [6.45, 7) is 9.38. The number of methoxy groups -OCH3 is 1. The molecule has 0 aromatic carbocycles. The third kappa shape index (κ3) is 2.73. The van der Waals surface area contributed by atoms with Gasteiger partial charge in [-0.05, 0) is 40.2 Å². The first-order chi connectivity index (χ1) is 8.42. The molecule has 3 nitrogen and oxygen atoms in total. The summed E-state index contributed by atoms with van der Waals surface area (Å²) in [7, 11) is 1.50. The smallest absolute Gasteiger partial charge is 0.291 e. The Morgan fingerprint density at radius 2 is 1.83 bits per heavy atom. The zero-order chi connectivity index (χ0) is 13.9. The van der Waals surface area contributed by atoms with Crippen molar-refractivity contribution in [1.82, 2.24) is 0 Å². The van der Waals surface area contributed by atoms with E-state index in [1.807, 2.05) is 32.9 Å². The number of hydrogen-bond donors (Lipinski definition) is 0. The van der Waals surface area contributed by atoms with Crippen molar-refractivity contribution in [2.24, 2.45) is 0 Å². The minimum atomic E-state index is -0.0287. The maximum atomic E-state index is 12.0. The van der Waals surface area contributed by atoms with E-state index in [4.69, 9.17) is 9.15 Å². The van der Waals surface area contributed by atoms with E-state index in [1.54, 1.807) is 13.8 Å². The van der Waals surface area contributed by atoms with Gasteiger partial charge in [0, 0.05) is 5.56 Å². The van der Waals surface area contributed by atoms with Gasteiger partial charge in [-0.1, -0.05) is 17.7 Å². The Kier molecular flexibility index (Phi) is 4.54. The van der Waals surface area contributed by atoms with Crippen LogP contribution in [0.5, 0.6) is 5.95 Å². The van der Waals surface area contributed by atoms with Gasteiger partial charge in [-0.25, -0.2) is 0 Å². The van der Waals surface area contributed by atoms with E-state index >= 15 is 0 Å². The predicted octanol–water partition coefficient (Wildman–Crippen LogP) is 3.63. The molecule has 0 spiro atoms. The Morgan fingerprint density at radius 3 is 2.33 bits per heavy atom. The second-order valence-electron chi connectivity index (χ2n) is 4.36. The number of rotatable bonds is 3. The Labute approximate surface area is 108 Å². The van der Waals surface area contributed by atoms with Gasteiger partial charge in [0.15, 0.2) is 5.43 Å². The second kappa shape index (κ2) is 5.71. The third-order valence-corrected chi connectivity index (χ3v) is 2.97. The first kappa shape index (κ1) is 14.3. The first-order valence-electron chi connectivity index (χ1n) is 5.92. The molecule has 0 saturated carbocycles. The zero-order valence-electron chi connectivity index (χ0n) is 11.9. The average Bonchev–Trinajstić information content (AvgIpc) is 2.36. The quantitative estimate of drug-likeness (QED) is 0.767. The summed E-state index contributed by atoms with van der Waals surface area (Å²) in [6.07, 6.45) is 3.99. The highest BCUT2D eigenvalue weighted by Gasteiger charge is 2.14. The third-order valence-electron chi connectivity index (χ3n) is 2.97. The molecule has 0 atom stereocenters. The summed E-state index contributed by atoms with van der Waals surface area (Å²) in [4.78, 5) is 12.0. The lowest BCUT2D eigenvalue weighted by atomic mass is 10.1. The van der Waals surface area contributed by atoms with Crippen LogP contribution in [0, 0.1) is 13.8 Å². The van der Waals surface area contributed by atoms with E-state index < -0.39 is 0 Å². The molecular weight excluding hydrogens is 228 g/mol. The van der Waals surface area contributed by atoms with E-state index in [0.717, 1.165) is 11.1 Å². The Hall–Kier alpha value is -1.77. The highest BCUT2D eigenvalue weighted by atomic mass is 16.6. The highest BCUT2D eigenvalue weighted by Crippen LogP contribution is 2.24. The summed E-state index contributed by atoms with van der Waals surface area (Å²) in [5, 5.41) is 0. The molecule has 1 aromatic rings. The lowest BCUT2D eigenvalue weighted by Crippen LogP contribution is -2.12.